The third kappa shape index (κ3) is 3.31. The predicted octanol–water partition coefficient (Wildman–Crippen LogP) is 2.99. The molecule has 1 amide bonds. The van der Waals surface area contributed by atoms with Gasteiger partial charge in [0, 0.05) is 30.3 Å². The molecular weight excluding hydrogens is 336 g/mol. The van der Waals surface area contributed by atoms with Crippen LogP contribution in [0.5, 0.6) is 0 Å². The number of carbonyl (C=O) groups is 2. The van der Waals surface area contributed by atoms with Gasteiger partial charge in [-0.3, -0.25) is 9.59 Å². The first kappa shape index (κ1) is 16.1. The molecule has 2 heterocycles. The summed E-state index contributed by atoms with van der Waals surface area (Å²) in [7, 11) is 0. The van der Waals surface area contributed by atoms with Gasteiger partial charge in [-0.15, -0.1) is 0 Å². The first-order valence-corrected chi connectivity index (χ1v) is 8.05. The first-order valence-electron chi connectivity index (χ1n) is 7.26. The van der Waals surface area contributed by atoms with Gasteiger partial charge in [0.1, 0.15) is 5.69 Å². The monoisotopic (exact) mass is 356 g/mol. The number of rotatable bonds is 4. The van der Waals surface area contributed by atoms with Crippen molar-refractivity contribution in [2.24, 2.45) is 5.41 Å². The van der Waals surface area contributed by atoms with Gasteiger partial charge in [-0.1, -0.05) is 6.92 Å². The number of hydrogen-bond donors (Lipinski definition) is 1. The van der Waals surface area contributed by atoms with E-state index in [0.717, 1.165) is 23.9 Å². The zero-order valence-electron chi connectivity index (χ0n) is 12.4. The van der Waals surface area contributed by atoms with Gasteiger partial charge in [0.2, 0.25) is 0 Å². The molecule has 1 atom stereocenters. The van der Waals surface area contributed by atoms with E-state index in [9.17, 15) is 14.7 Å². The second kappa shape index (κ2) is 6.22. The molecule has 1 fully saturated rings. The normalized spacial score (nSPS) is 22.3. The van der Waals surface area contributed by atoms with Crippen LogP contribution in [0.25, 0.3) is 0 Å². The average Bonchev–Trinajstić information content (AvgIpc) is 2.79. The maximum atomic E-state index is 12.7. The second-order valence-electron chi connectivity index (χ2n) is 5.93. The molecule has 1 unspecified atom stereocenters. The van der Waals surface area contributed by atoms with Crippen molar-refractivity contribution in [1.82, 2.24) is 9.47 Å². The van der Waals surface area contributed by atoms with E-state index in [2.05, 4.69) is 22.9 Å². The molecule has 0 aromatic carbocycles. The van der Waals surface area contributed by atoms with Crippen LogP contribution in [0.15, 0.2) is 16.7 Å². The van der Waals surface area contributed by atoms with E-state index in [1.165, 1.54) is 0 Å². The Bertz CT molecular complexity index is 555. The Kier molecular flexibility index (Phi) is 4.76. The van der Waals surface area contributed by atoms with Gasteiger partial charge in [0.15, 0.2) is 0 Å². The molecule has 1 aliphatic rings. The number of carbonyl (C=O) groups excluding carboxylic acids is 1. The Morgan fingerprint density at radius 2 is 2.19 bits per heavy atom. The Morgan fingerprint density at radius 1 is 1.48 bits per heavy atom. The minimum absolute atomic E-state index is 0.0821. The second-order valence-corrected chi connectivity index (χ2v) is 6.85. The number of hydrogen-bond acceptors (Lipinski definition) is 2. The third-order valence-corrected chi connectivity index (χ3v) is 4.48. The smallest absolute Gasteiger partial charge is 0.311 e. The number of piperidine rings is 1. The lowest BCUT2D eigenvalue weighted by atomic mass is 9.82. The summed E-state index contributed by atoms with van der Waals surface area (Å²) in [4.78, 5) is 25.8. The molecule has 116 valence electrons. The van der Waals surface area contributed by atoms with Gasteiger partial charge in [-0.2, -0.15) is 0 Å². The van der Waals surface area contributed by atoms with Crippen LogP contribution in [0.4, 0.5) is 0 Å². The molecule has 6 heteroatoms. The molecule has 1 aromatic heterocycles. The molecule has 0 radical (unpaired) electrons. The van der Waals surface area contributed by atoms with Gasteiger partial charge in [-0.25, -0.2) is 0 Å². The highest BCUT2D eigenvalue weighted by Gasteiger charge is 2.39. The van der Waals surface area contributed by atoms with Crippen LogP contribution in [0, 0.1) is 5.41 Å². The van der Waals surface area contributed by atoms with Crippen LogP contribution in [-0.4, -0.2) is 39.5 Å². The fourth-order valence-electron chi connectivity index (χ4n) is 2.83. The van der Waals surface area contributed by atoms with E-state index >= 15 is 0 Å². The molecular formula is C15H21BrN2O3. The zero-order valence-corrected chi connectivity index (χ0v) is 14.0. The molecule has 21 heavy (non-hydrogen) atoms. The molecule has 0 bridgehead atoms. The average molecular weight is 357 g/mol. The third-order valence-electron chi connectivity index (χ3n) is 4.05. The number of aryl methyl sites for hydroxylation is 1. The summed E-state index contributed by atoms with van der Waals surface area (Å²) in [6, 6.07) is 1.81. The number of amides is 1. The fourth-order valence-corrected chi connectivity index (χ4v) is 3.29. The zero-order chi connectivity index (χ0) is 15.6. The molecule has 0 aliphatic carbocycles. The molecule has 2 rings (SSSR count). The summed E-state index contributed by atoms with van der Waals surface area (Å²) in [6.07, 6.45) is 4.18. The van der Waals surface area contributed by atoms with E-state index in [1.807, 2.05) is 16.8 Å². The van der Waals surface area contributed by atoms with Crippen molar-refractivity contribution in [2.75, 3.05) is 13.1 Å². The number of carboxylic acids is 1. The predicted molar refractivity (Wildman–Crippen MR) is 83.3 cm³/mol. The summed E-state index contributed by atoms with van der Waals surface area (Å²) in [6.45, 7) is 5.45. The lowest BCUT2D eigenvalue weighted by Gasteiger charge is -2.37. The van der Waals surface area contributed by atoms with Crippen LogP contribution in [0.2, 0.25) is 0 Å². The van der Waals surface area contributed by atoms with Crippen molar-refractivity contribution >= 4 is 27.8 Å². The molecule has 0 saturated carbocycles. The molecule has 1 N–H and O–H groups in total. The van der Waals surface area contributed by atoms with Gasteiger partial charge >= 0.3 is 5.97 Å². The Hall–Kier alpha value is -1.30. The SMILES string of the molecule is CCCn1cc(Br)cc1C(=O)N1CCCC(C)(C(=O)O)C1. The Morgan fingerprint density at radius 3 is 2.81 bits per heavy atom. The summed E-state index contributed by atoms with van der Waals surface area (Å²) in [5, 5.41) is 9.36. The van der Waals surface area contributed by atoms with Gasteiger partial charge < -0.3 is 14.6 Å². The standard InChI is InChI=1S/C15H21BrN2O3/c1-3-6-17-9-11(16)8-12(17)13(19)18-7-4-5-15(2,10-18)14(20)21/h8-9H,3-7,10H2,1-2H3,(H,20,21). The van der Waals surface area contributed by atoms with Crippen molar-refractivity contribution in [3.63, 3.8) is 0 Å². The summed E-state index contributed by atoms with van der Waals surface area (Å²) in [5.74, 6) is -0.911. The minimum Gasteiger partial charge on any atom is -0.481 e. The van der Waals surface area contributed by atoms with E-state index in [4.69, 9.17) is 0 Å². The fraction of sp³-hybridized carbons (Fsp3) is 0.600. The number of carboxylic acid groups (broad SMARTS) is 1. The maximum absolute atomic E-state index is 12.7. The summed E-state index contributed by atoms with van der Waals surface area (Å²) in [5.41, 5.74) is -0.216. The molecule has 1 aromatic rings. The van der Waals surface area contributed by atoms with Crippen LogP contribution in [0.1, 0.15) is 43.6 Å². The number of likely N-dealkylation sites (tertiary alicyclic amines) is 1. The van der Waals surface area contributed by atoms with Crippen LogP contribution in [-0.2, 0) is 11.3 Å². The minimum atomic E-state index is -0.840. The lowest BCUT2D eigenvalue weighted by molar-refractivity contribution is -0.150. The van der Waals surface area contributed by atoms with Crippen LogP contribution in [0.3, 0.4) is 0 Å². The number of nitrogens with zero attached hydrogens (tertiary/aromatic N) is 2. The van der Waals surface area contributed by atoms with Gasteiger partial charge in [0.05, 0.1) is 5.41 Å². The Labute approximate surface area is 133 Å². The molecule has 1 saturated heterocycles. The number of halogens is 1. The lowest BCUT2D eigenvalue weighted by Crippen LogP contribution is -2.48. The van der Waals surface area contributed by atoms with E-state index in [-0.39, 0.29) is 12.5 Å². The highest BCUT2D eigenvalue weighted by Crippen LogP contribution is 2.31. The van der Waals surface area contributed by atoms with Crippen molar-refractivity contribution in [1.29, 1.82) is 0 Å². The highest BCUT2D eigenvalue weighted by molar-refractivity contribution is 9.10. The maximum Gasteiger partial charge on any atom is 0.311 e. The summed E-state index contributed by atoms with van der Waals surface area (Å²) < 4.78 is 2.80. The Balaban J connectivity index is 2.22. The first-order chi connectivity index (χ1) is 9.87. The molecule has 5 nitrogen and oxygen atoms in total. The van der Waals surface area contributed by atoms with Crippen molar-refractivity contribution in [3.8, 4) is 0 Å². The quantitative estimate of drug-likeness (QED) is 0.901. The van der Waals surface area contributed by atoms with Crippen LogP contribution < -0.4 is 0 Å². The largest absolute Gasteiger partial charge is 0.481 e. The summed E-state index contributed by atoms with van der Waals surface area (Å²) >= 11 is 3.41. The van der Waals surface area contributed by atoms with E-state index in [0.29, 0.717) is 18.7 Å². The van der Waals surface area contributed by atoms with E-state index in [1.54, 1.807) is 11.8 Å². The van der Waals surface area contributed by atoms with Gasteiger partial charge in [-0.05, 0) is 48.2 Å². The van der Waals surface area contributed by atoms with Crippen molar-refractivity contribution < 1.29 is 14.7 Å². The molecule has 0 spiro atoms. The van der Waals surface area contributed by atoms with E-state index < -0.39 is 11.4 Å². The van der Waals surface area contributed by atoms with Crippen molar-refractivity contribution in [3.05, 3.63) is 22.4 Å². The van der Waals surface area contributed by atoms with Crippen molar-refractivity contribution in [2.45, 2.75) is 39.7 Å². The van der Waals surface area contributed by atoms with Crippen LogP contribution >= 0.6 is 15.9 Å². The highest BCUT2D eigenvalue weighted by atomic mass is 79.9. The topological polar surface area (TPSA) is 62.5 Å². The molecule has 1 aliphatic heterocycles. The van der Waals surface area contributed by atoms with Gasteiger partial charge in [0.25, 0.3) is 5.91 Å². The number of aliphatic carboxylic acids is 1. The number of aromatic nitrogens is 1.